The second kappa shape index (κ2) is 12.3. The summed E-state index contributed by atoms with van der Waals surface area (Å²) in [5.74, 6) is -2.83. The molecular weight excluding hydrogens is 441 g/mol. The first-order valence-corrected chi connectivity index (χ1v) is 11.4. The molecule has 0 saturated carbocycles. The van der Waals surface area contributed by atoms with E-state index in [9.17, 15) is 4.39 Å². The van der Waals surface area contributed by atoms with E-state index in [0.717, 1.165) is 57.3 Å². The van der Waals surface area contributed by atoms with Crippen LogP contribution in [0.5, 0.6) is 5.75 Å². The minimum absolute atomic E-state index is 0.109. The van der Waals surface area contributed by atoms with Crippen molar-refractivity contribution < 1.29 is 28.9 Å². The first kappa shape index (κ1) is 25.5. The van der Waals surface area contributed by atoms with Crippen LogP contribution >= 0.6 is 0 Å². The average Bonchev–Trinajstić information content (AvgIpc) is 2.85. The number of benzene rings is 2. The maximum absolute atomic E-state index is 14.0. The van der Waals surface area contributed by atoms with Gasteiger partial charge in [0, 0.05) is 38.8 Å². The van der Waals surface area contributed by atoms with Crippen LogP contribution in [-0.4, -0.2) is 84.4 Å². The van der Waals surface area contributed by atoms with Crippen LogP contribution < -0.4 is 9.64 Å². The van der Waals surface area contributed by atoms with E-state index < -0.39 is 11.9 Å². The predicted octanol–water partition coefficient (Wildman–Crippen LogP) is 2.78. The van der Waals surface area contributed by atoms with E-state index in [4.69, 9.17) is 24.5 Å². The van der Waals surface area contributed by atoms with Gasteiger partial charge in [-0.25, -0.2) is 14.0 Å². The Morgan fingerprint density at radius 3 is 2.18 bits per heavy atom. The number of piperazine rings is 1. The molecule has 8 nitrogen and oxygen atoms in total. The summed E-state index contributed by atoms with van der Waals surface area (Å²) in [6, 6.07) is 16.2. The zero-order chi connectivity index (χ0) is 24.5. The van der Waals surface area contributed by atoms with Crippen molar-refractivity contribution in [3.05, 3.63) is 59.9 Å². The number of hydrogen-bond acceptors (Lipinski definition) is 6. The number of carboxylic acids is 2. The summed E-state index contributed by atoms with van der Waals surface area (Å²) in [5.41, 5.74) is 2.06. The lowest BCUT2D eigenvalue weighted by Crippen LogP contribution is -2.53. The average molecular weight is 474 g/mol. The van der Waals surface area contributed by atoms with Crippen molar-refractivity contribution in [2.24, 2.45) is 0 Å². The summed E-state index contributed by atoms with van der Waals surface area (Å²) in [5, 5.41) is 14.8. The SMILES string of the molecule is COc1cccc(CN2CCC(N3CCN(c4ccccc4F)CC3)CC2)c1.O=C(O)C(=O)O. The molecule has 2 N–H and O–H groups in total. The van der Waals surface area contributed by atoms with Crippen molar-refractivity contribution in [1.82, 2.24) is 9.80 Å². The Bertz CT molecular complexity index is 945. The molecule has 0 amide bonds. The molecule has 0 radical (unpaired) electrons. The molecule has 2 aromatic carbocycles. The van der Waals surface area contributed by atoms with Gasteiger partial charge in [0.25, 0.3) is 0 Å². The van der Waals surface area contributed by atoms with Crippen LogP contribution in [0.3, 0.4) is 0 Å². The van der Waals surface area contributed by atoms with Crippen molar-refractivity contribution >= 4 is 17.6 Å². The van der Waals surface area contributed by atoms with Crippen molar-refractivity contribution in [2.75, 3.05) is 51.3 Å². The first-order chi connectivity index (χ1) is 16.4. The maximum atomic E-state index is 14.0. The van der Waals surface area contributed by atoms with Crippen molar-refractivity contribution in [2.45, 2.75) is 25.4 Å². The molecule has 2 fully saturated rings. The maximum Gasteiger partial charge on any atom is 0.414 e. The van der Waals surface area contributed by atoms with Gasteiger partial charge in [0.15, 0.2) is 0 Å². The Balaban J connectivity index is 0.000000481. The summed E-state index contributed by atoms with van der Waals surface area (Å²) in [7, 11) is 1.72. The van der Waals surface area contributed by atoms with Crippen molar-refractivity contribution in [3.63, 3.8) is 0 Å². The second-order valence-electron chi connectivity index (χ2n) is 8.44. The number of likely N-dealkylation sites (tertiary alicyclic amines) is 1. The predicted molar refractivity (Wildman–Crippen MR) is 127 cm³/mol. The minimum Gasteiger partial charge on any atom is -0.497 e. The van der Waals surface area contributed by atoms with Crippen LogP contribution in [-0.2, 0) is 16.1 Å². The molecule has 9 heteroatoms. The second-order valence-corrected chi connectivity index (χ2v) is 8.44. The van der Waals surface area contributed by atoms with Gasteiger partial charge in [0.2, 0.25) is 0 Å². The summed E-state index contributed by atoms with van der Waals surface area (Å²) in [4.78, 5) is 25.5. The van der Waals surface area contributed by atoms with E-state index >= 15 is 0 Å². The molecular formula is C25H32FN3O5. The van der Waals surface area contributed by atoms with Gasteiger partial charge in [-0.3, -0.25) is 9.80 Å². The number of nitrogens with zero attached hydrogens (tertiary/aromatic N) is 3. The Kier molecular flexibility index (Phi) is 9.24. The molecule has 2 aliphatic rings. The minimum atomic E-state index is -1.82. The normalized spacial score (nSPS) is 17.5. The van der Waals surface area contributed by atoms with E-state index in [1.807, 2.05) is 18.2 Å². The third-order valence-corrected chi connectivity index (χ3v) is 6.30. The van der Waals surface area contributed by atoms with Crippen molar-refractivity contribution in [3.8, 4) is 5.75 Å². The largest absolute Gasteiger partial charge is 0.497 e. The molecule has 34 heavy (non-hydrogen) atoms. The topological polar surface area (TPSA) is 93.5 Å². The molecule has 0 unspecified atom stereocenters. The van der Waals surface area contributed by atoms with Gasteiger partial charge in [0.05, 0.1) is 12.8 Å². The number of halogens is 1. The lowest BCUT2D eigenvalue weighted by atomic mass is 10.0. The van der Waals surface area contributed by atoms with Crippen LogP contribution in [0.4, 0.5) is 10.1 Å². The third kappa shape index (κ3) is 7.16. The number of methoxy groups -OCH3 is 1. The third-order valence-electron chi connectivity index (χ3n) is 6.30. The van der Waals surface area contributed by atoms with Crippen LogP contribution in [0, 0.1) is 5.82 Å². The number of rotatable bonds is 5. The molecule has 2 saturated heterocycles. The fourth-order valence-electron chi connectivity index (χ4n) is 4.51. The molecule has 0 spiro atoms. The lowest BCUT2D eigenvalue weighted by molar-refractivity contribution is -0.159. The van der Waals surface area contributed by atoms with Gasteiger partial charge < -0.3 is 19.8 Å². The molecule has 4 rings (SSSR count). The standard InChI is InChI=1S/C23H30FN3O.C2H2O4/c1-28-21-6-4-5-19(17-21)18-25-11-9-20(10-12-25)26-13-15-27(16-14-26)23-8-3-2-7-22(23)24;3-1(4)2(5)6/h2-8,17,20H,9-16,18H2,1H3;(H,3,4)(H,5,6). The zero-order valence-electron chi connectivity index (χ0n) is 19.4. The number of ether oxygens (including phenoxy) is 1. The summed E-state index contributed by atoms with van der Waals surface area (Å²) >= 11 is 0. The molecule has 0 atom stereocenters. The molecule has 2 aromatic rings. The van der Waals surface area contributed by atoms with E-state index in [1.54, 1.807) is 19.2 Å². The fraction of sp³-hybridized carbons (Fsp3) is 0.440. The van der Waals surface area contributed by atoms with E-state index in [2.05, 4.69) is 32.9 Å². The van der Waals surface area contributed by atoms with Crippen molar-refractivity contribution in [1.29, 1.82) is 0 Å². The van der Waals surface area contributed by atoms with Crippen LogP contribution in [0.25, 0.3) is 0 Å². The molecule has 0 aromatic heterocycles. The number of hydrogen-bond donors (Lipinski definition) is 2. The Morgan fingerprint density at radius 2 is 1.59 bits per heavy atom. The number of anilines is 1. The molecule has 2 heterocycles. The highest BCUT2D eigenvalue weighted by Crippen LogP contribution is 2.24. The Morgan fingerprint density at radius 1 is 0.941 bits per heavy atom. The molecule has 0 aliphatic carbocycles. The number of carboxylic acid groups (broad SMARTS) is 2. The fourth-order valence-corrected chi connectivity index (χ4v) is 4.51. The number of carbonyl (C=O) groups is 2. The lowest BCUT2D eigenvalue weighted by Gasteiger charge is -2.43. The van der Waals surface area contributed by atoms with Gasteiger partial charge in [-0.05, 0) is 55.8 Å². The molecule has 184 valence electrons. The monoisotopic (exact) mass is 473 g/mol. The Hall–Kier alpha value is -3.17. The van der Waals surface area contributed by atoms with E-state index in [1.165, 1.54) is 18.4 Å². The van der Waals surface area contributed by atoms with Gasteiger partial charge in [0.1, 0.15) is 11.6 Å². The molecule has 2 aliphatic heterocycles. The summed E-state index contributed by atoms with van der Waals surface area (Å²) in [6.07, 6.45) is 2.42. The van der Waals surface area contributed by atoms with E-state index in [-0.39, 0.29) is 5.82 Å². The van der Waals surface area contributed by atoms with Crippen LogP contribution in [0.2, 0.25) is 0 Å². The quantitative estimate of drug-likeness (QED) is 0.641. The van der Waals surface area contributed by atoms with Gasteiger partial charge >= 0.3 is 11.9 Å². The van der Waals surface area contributed by atoms with E-state index in [0.29, 0.717) is 6.04 Å². The molecule has 0 bridgehead atoms. The zero-order valence-corrected chi connectivity index (χ0v) is 19.4. The van der Waals surface area contributed by atoms with Gasteiger partial charge in [-0.2, -0.15) is 0 Å². The number of aliphatic carboxylic acids is 2. The first-order valence-electron chi connectivity index (χ1n) is 11.4. The highest BCUT2D eigenvalue weighted by Gasteiger charge is 2.28. The highest BCUT2D eigenvalue weighted by atomic mass is 19.1. The number of piperidine rings is 1. The van der Waals surface area contributed by atoms with Crippen LogP contribution in [0.1, 0.15) is 18.4 Å². The summed E-state index contributed by atoms with van der Waals surface area (Å²) < 4.78 is 19.4. The smallest absolute Gasteiger partial charge is 0.414 e. The highest BCUT2D eigenvalue weighted by molar-refractivity contribution is 6.27. The van der Waals surface area contributed by atoms with Crippen LogP contribution in [0.15, 0.2) is 48.5 Å². The Labute approximate surface area is 199 Å². The summed E-state index contributed by atoms with van der Waals surface area (Å²) in [6.45, 7) is 7.12. The van der Waals surface area contributed by atoms with Gasteiger partial charge in [-0.1, -0.05) is 24.3 Å². The number of para-hydroxylation sites is 1. The van der Waals surface area contributed by atoms with Gasteiger partial charge in [-0.15, -0.1) is 0 Å².